The zero-order valence-corrected chi connectivity index (χ0v) is 13.0. The van der Waals surface area contributed by atoms with Gasteiger partial charge in [0.1, 0.15) is 9.24 Å². The first-order valence-electron chi connectivity index (χ1n) is 10.1. The maximum Gasteiger partial charge on any atom is 0.220 e. The van der Waals surface area contributed by atoms with Gasteiger partial charge in [-0.15, -0.1) is 0 Å². The summed E-state index contributed by atoms with van der Waals surface area (Å²) in [5.41, 5.74) is 14.5. The minimum absolute atomic E-state index is 0.405. The second-order valence-electron chi connectivity index (χ2n) is 5.74. The summed E-state index contributed by atoms with van der Waals surface area (Å²) in [7, 11) is 0. The quantitative estimate of drug-likeness (QED) is 0.331. The van der Waals surface area contributed by atoms with Gasteiger partial charge in [-0.2, -0.15) is 4.57 Å². The first kappa shape index (κ1) is 9.93. The number of fused-ring (bicyclic) bond motifs is 3. The third kappa shape index (κ3) is 2.17. The molecular weight excluding hydrogens is 294 g/mol. The average Bonchev–Trinajstić information content (AvgIpc) is 2.66. The molecule has 3 aromatic carbocycles. The third-order valence-corrected chi connectivity index (χ3v) is 4.23. The van der Waals surface area contributed by atoms with Crippen LogP contribution >= 0.6 is 0 Å². The van der Waals surface area contributed by atoms with Crippen molar-refractivity contribution >= 4 is 33.1 Å². The Morgan fingerprint density at radius 2 is 1.58 bits per heavy atom. The van der Waals surface area contributed by atoms with Crippen LogP contribution in [0.5, 0.6) is 0 Å². The maximum absolute atomic E-state index is 8.59. The van der Waals surface area contributed by atoms with Crippen LogP contribution in [0.4, 0.5) is 11.4 Å². The van der Waals surface area contributed by atoms with Crippen molar-refractivity contribution in [2.75, 3.05) is 11.5 Å². The highest BCUT2D eigenvalue weighted by Gasteiger charge is 2.22. The number of aryl methyl sites for hydroxylation is 1. The molecule has 4 aromatic rings. The molecular formula is C21H20N3+. The minimum Gasteiger partial charge on any atom is -0.399 e. The number of hydrogen-bond donors (Lipinski definition) is 2. The minimum atomic E-state index is -2.91. The number of aromatic nitrogens is 1. The summed E-state index contributed by atoms with van der Waals surface area (Å²) in [5, 5.41) is 2.20. The molecule has 0 spiro atoms. The van der Waals surface area contributed by atoms with Gasteiger partial charge >= 0.3 is 0 Å². The number of benzene rings is 3. The molecule has 0 aliphatic rings. The highest BCUT2D eigenvalue weighted by atomic mass is 15.0. The van der Waals surface area contributed by atoms with Crippen molar-refractivity contribution in [3.8, 4) is 11.3 Å². The zero-order valence-electron chi connectivity index (χ0n) is 18.0. The molecule has 0 saturated carbocycles. The van der Waals surface area contributed by atoms with Gasteiger partial charge in [0.15, 0.2) is 0 Å². The SMILES string of the molecule is [2H]C([2H])([2H])C([2H])([2H])[n+]1c(-c2ccccc2)c2cc(N)ccc2c2ccc(N)cc21. The van der Waals surface area contributed by atoms with E-state index in [0.29, 0.717) is 38.9 Å². The molecule has 3 heteroatoms. The van der Waals surface area contributed by atoms with Gasteiger partial charge in [-0.25, -0.2) is 0 Å². The number of nitrogens with zero attached hydrogens (tertiary/aromatic N) is 1. The van der Waals surface area contributed by atoms with E-state index in [9.17, 15) is 0 Å². The van der Waals surface area contributed by atoms with Gasteiger partial charge in [-0.05, 0) is 43.3 Å². The van der Waals surface area contributed by atoms with Crippen LogP contribution in [0.1, 0.15) is 13.7 Å². The highest BCUT2D eigenvalue weighted by Crippen LogP contribution is 2.33. The Bertz CT molecular complexity index is 1230. The van der Waals surface area contributed by atoms with Gasteiger partial charge in [-0.3, -0.25) is 0 Å². The van der Waals surface area contributed by atoms with Crippen LogP contribution < -0.4 is 16.0 Å². The fourth-order valence-electron chi connectivity index (χ4n) is 3.19. The number of rotatable bonds is 2. The first-order chi connectivity index (χ1) is 13.6. The van der Waals surface area contributed by atoms with E-state index in [1.807, 2.05) is 36.4 Å². The molecule has 0 atom stereocenters. The van der Waals surface area contributed by atoms with Crippen molar-refractivity contribution < 1.29 is 11.4 Å². The van der Waals surface area contributed by atoms with Crippen molar-refractivity contribution in [2.24, 2.45) is 0 Å². The van der Waals surface area contributed by atoms with Crippen LogP contribution in [0.25, 0.3) is 32.9 Å². The normalized spacial score (nSPS) is 15.4. The molecule has 0 aliphatic heterocycles. The molecule has 0 saturated heterocycles. The van der Waals surface area contributed by atoms with E-state index in [-0.39, 0.29) is 0 Å². The fourth-order valence-corrected chi connectivity index (χ4v) is 3.19. The molecule has 0 radical (unpaired) electrons. The fraction of sp³-hybridized carbons (Fsp3) is 0.0952. The molecule has 0 aliphatic carbocycles. The van der Waals surface area contributed by atoms with Gasteiger partial charge in [-0.1, -0.05) is 24.3 Å². The average molecular weight is 319 g/mol. The van der Waals surface area contributed by atoms with Gasteiger partial charge in [0.25, 0.3) is 0 Å². The molecule has 4 rings (SSSR count). The van der Waals surface area contributed by atoms with Crippen LogP contribution in [-0.4, -0.2) is 0 Å². The van der Waals surface area contributed by atoms with E-state index in [0.717, 1.165) is 5.39 Å². The van der Waals surface area contributed by atoms with Crippen LogP contribution in [-0.2, 0) is 6.50 Å². The van der Waals surface area contributed by atoms with Crippen LogP contribution in [0.15, 0.2) is 66.7 Å². The van der Waals surface area contributed by atoms with Crippen molar-refractivity contribution in [3.05, 3.63) is 66.7 Å². The van der Waals surface area contributed by atoms with Crippen molar-refractivity contribution in [3.63, 3.8) is 0 Å². The van der Waals surface area contributed by atoms with E-state index in [2.05, 4.69) is 0 Å². The van der Waals surface area contributed by atoms with Gasteiger partial charge < -0.3 is 11.5 Å². The maximum atomic E-state index is 8.59. The zero-order chi connectivity index (χ0) is 21.0. The summed E-state index contributed by atoms with van der Waals surface area (Å²) in [6.07, 6.45) is 0. The molecule has 0 unspecified atom stereocenters. The standard InChI is InChI=1S/C21H19N3/c1-2-24-20-13-16(23)9-11-18(20)17-10-8-15(22)12-19(17)21(24)14-6-4-3-5-7-14/h3-13,23H,2,22H2,1H3/p+1/i1D3,2D2. The largest absolute Gasteiger partial charge is 0.399 e. The van der Waals surface area contributed by atoms with Crippen molar-refractivity contribution in [1.82, 2.24) is 0 Å². The van der Waals surface area contributed by atoms with Crippen molar-refractivity contribution in [2.45, 2.75) is 13.3 Å². The van der Waals surface area contributed by atoms with E-state index in [1.54, 1.807) is 30.3 Å². The Morgan fingerprint density at radius 1 is 0.875 bits per heavy atom. The van der Waals surface area contributed by atoms with Crippen molar-refractivity contribution in [1.29, 1.82) is 0 Å². The Labute approximate surface area is 148 Å². The first-order valence-corrected chi connectivity index (χ1v) is 7.63. The Balaban J connectivity index is 2.33. The summed E-state index contributed by atoms with van der Waals surface area (Å²) < 4.78 is 42.1. The lowest BCUT2D eigenvalue weighted by atomic mass is 9.98. The van der Waals surface area contributed by atoms with E-state index >= 15 is 0 Å². The van der Waals surface area contributed by atoms with E-state index < -0.39 is 13.3 Å². The molecule has 24 heavy (non-hydrogen) atoms. The molecule has 1 aromatic heterocycles. The van der Waals surface area contributed by atoms with Crippen LogP contribution in [0, 0.1) is 0 Å². The molecule has 3 nitrogen and oxygen atoms in total. The summed E-state index contributed by atoms with van der Waals surface area (Å²) in [6.45, 7) is -5.60. The molecule has 0 fully saturated rings. The lowest BCUT2D eigenvalue weighted by molar-refractivity contribution is -0.655. The summed E-state index contributed by atoms with van der Waals surface area (Å²) in [4.78, 5) is 0. The molecule has 1 heterocycles. The number of nitrogen functional groups attached to an aromatic ring is 2. The molecule has 4 N–H and O–H groups in total. The van der Waals surface area contributed by atoms with Crippen LogP contribution in [0.2, 0.25) is 0 Å². The Morgan fingerprint density at radius 3 is 2.33 bits per heavy atom. The highest BCUT2D eigenvalue weighted by molar-refractivity contribution is 6.10. The van der Waals surface area contributed by atoms with E-state index in [1.165, 1.54) is 4.57 Å². The van der Waals surface area contributed by atoms with Gasteiger partial charge in [0, 0.05) is 32.5 Å². The Hall–Kier alpha value is -3.07. The predicted molar refractivity (Wildman–Crippen MR) is 102 cm³/mol. The summed E-state index contributed by atoms with van der Waals surface area (Å²) in [6, 6.07) is 19.6. The number of pyridine rings is 1. The summed E-state index contributed by atoms with van der Waals surface area (Å²) >= 11 is 0. The smallest absolute Gasteiger partial charge is 0.220 e. The lowest BCUT2D eigenvalue weighted by Crippen LogP contribution is -2.36. The monoisotopic (exact) mass is 319 g/mol. The number of anilines is 2. The third-order valence-electron chi connectivity index (χ3n) is 4.23. The molecule has 0 amide bonds. The van der Waals surface area contributed by atoms with Crippen LogP contribution in [0.3, 0.4) is 0 Å². The second kappa shape index (κ2) is 5.53. The number of hydrogen-bond acceptors (Lipinski definition) is 2. The topological polar surface area (TPSA) is 55.9 Å². The molecule has 0 bridgehead atoms. The number of nitrogens with two attached hydrogens (primary N) is 2. The predicted octanol–water partition coefficient (Wildman–Crippen LogP) is 4.13. The molecule has 118 valence electrons. The van der Waals surface area contributed by atoms with Gasteiger partial charge in [0.05, 0.1) is 10.8 Å². The van der Waals surface area contributed by atoms with E-state index in [4.69, 9.17) is 18.3 Å². The Kier molecular flexibility index (Phi) is 2.29. The lowest BCUT2D eigenvalue weighted by Gasteiger charge is -2.12. The second-order valence-corrected chi connectivity index (χ2v) is 5.74. The summed E-state index contributed by atoms with van der Waals surface area (Å²) in [5.74, 6) is 0. The van der Waals surface area contributed by atoms with Gasteiger partial charge in [0.2, 0.25) is 11.2 Å².